The number of para-hydroxylation sites is 1. The van der Waals surface area contributed by atoms with E-state index in [0.717, 1.165) is 33.9 Å². The molecule has 0 atom stereocenters. The minimum Gasteiger partial charge on any atom is -0.496 e. The Hall–Kier alpha value is -2.99. The van der Waals surface area contributed by atoms with E-state index < -0.39 is 10.0 Å². The third-order valence-electron chi connectivity index (χ3n) is 5.02. The molecule has 6 heteroatoms. The third kappa shape index (κ3) is 2.99. The van der Waals surface area contributed by atoms with E-state index in [9.17, 15) is 8.42 Å². The Morgan fingerprint density at radius 2 is 1.71 bits per heavy atom. The fourth-order valence-corrected chi connectivity index (χ4v) is 4.82. The van der Waals surface area contributed by atoms with E-state index in [-0.39, 0.29) is 4.90 Å². The van der Waals surface area contributed by atoms with Crippen molar-refractivity contribution in [3.63, 3.8) is 0 Å². The lowest BCUT2D eigenvalue weighted by Crippen LogP contribution is -2.13. The van der Waals surface area contributed by atoms with Crippen molar-refractivity contribution in [2.45, 2.75) is 25.3 Å². The summed E-state index contributed by atoms with van der Waals surface area (Å²) in [5.74, 6) is 0.660. The first-order chi connectivity index (χ1) is 13.4. The van der Waals surface area contributed by atoms with Crippen LogP contribution in [0.15, 0.2) is 65.6 Å². The fraction of sp³-hybridized carbons (Fsp3) is 0.182. The standard InChI is InChI=1S/C22H22N2O3S/c1-4-24-20-8-6-5-7-18(20)19-14-16(9-11-21(19)24)23-28(25,26)17-10-12-22(27-3)15(2)13-17/h5-14,23H,4H2,1-3H3. The molecule has 1 aromatic heterocycles. The lowest BCUT2D eigenvalue weighted by atomic mass is 10.1. The fourth-order valence-electron chi connectivity index (χ4n) is 3.69. The molecule has 4 rings (SSSR count). The number of aryl methyl sites for hydroxylation is 2. The summed E-state index contributed by atoms with van der Waals surface area (Å²) in [4.78, 5) is 0.210. The molecular weight excluding hydrogens is 372 g/mol. The first kappa shape index (κ1) is 18.4. The Labute approximate surface area is 164 Å². The van der Waals surface area contributed by atoms with E-state index in [2.05, 4.69) is 28.3 Å². The van der Waals surface area contributed by atoms with Crippen LogP contribution in [0, 0.1) is 6.92 Å². The molecule has 144 valence electrons. The number of nitrogens with one attached hydrogen (secondary N) is 1. The zero-order chi connectivity index (χ0) is 19.9. The van der Waals surface area contributed by atoms with Gasteiger partial charge in [-0.25, -0.2) is 8.42 Å². The second-order valence-corrected chi connectivity index (χ2v) is 8.41. The maximum absolute atomic E-state index is 12.9. The van der Waals surface area contributed by atoms with Crippen molar-refractivity contribution in [2.24, 2.45) is 0 Å². The molecule has 1 heterocycles. The SMILES string of the molecule is CCn1c2ccccc2c2cc(NS(=O)(=O)c3ccc(OC)c(C)c3)ccc21. The van der Waals surface area contributed by atoms with Crippen LogP contribution in [0.2, 0.25) is 0 Å². The first-order valence-corrected chi connectivity index (χ1v) is 10.6. The number of ether oxygens (including phenoxy) is 1. The lowest BCUT2D eigenvalue weighted by Gasteiger charge is -2.11. The quantitative estimate of drug-likeness (QED) is 0.522. The number of hydrogen-bond acceptors (Lipinski definition) is 3. The zero-order valence-corrected chi connectivity index (χ0v) is 16.9. The van der Waals surface area contributed by atoms with Gasteiger partial charge in [-0.05, 0) is 61.9 Å². The van der Waals surface area contributed by atoms with Gasteiger partial charge in [-0.1, -0.05) is 18.2 Å². The molecule has 5 nitrogen and oxygen atoms in total. The zero-order valence-electron chi connectivity index (χ0n) is 16.1. The molecule has 0 spiro atoms. The van der Waals surface area contributed by atoms with Gasteiger partial charge in [0.05, 0.1) is 12.0 Å². The number of aromatic nitrogens is 1. The number of fused-ring (bicyclic) bond motifs is 3. The van der Waals surface area contributed by atoms with Gasteiger partial charge in [0.1, 0.15) is 5.75 Å². The van der Waals surface area contributed by atoms with Crippen LogP contribution < -0.4 is 9.46 Å². The summed E-state index contributed by atoms with van der Waals surface area (Å²) in [6, 6.07) is 18.7. The number of sulfonamides is 1. The minimum atomic E-state index is -3.69. The first-order valence-electron chi connectivity index (χ1n) is 9.13. The molecule has 0 aliphatic rings. The Balaban J connectivity index is 1.77. The van der Waals surface area contributed by atoms with Crippen LogP contribution in [0.3, 0.4) is 0 Å². The molecule has 0 bridgehead atoms. The van der Waals surface area contributed by atoms with Crippen LogP contribution in [0.5, 0.6) is 5.75 Å². The second-order valence-electron chi connectivity index (χ2n) is 6.73. The van der Waals surface area contributed by atoms with Crippen molar-refractivity contribution in [3.8, 4) is 5.75 Å². The normalized spacial score (nSPS) is 11.8. The lowest BCUT2D eigenvalue weighted by molar-refractivity contribution is 0.411. The number of nitrogens with zero attached hydrogens (tertiary/aromatic N) is 1. The van der Waals surface area contributed by atoms with Gasteiger partial charge >= 0.3 is 0 Å². The van der Waals surface area contributed by atoms with Crippen LogP contribution in [-0.4, -0.2) is 20.1 Å². The van der Waals surface area contributed by atoms with E-state index in [1.54, 1.807) is 31.4 Å². The maximum Gasteiger partial charge on any atom is 0.261 e. The summed E-state index contributed by atoms with van der Waals surface area (Å²) >= 11 is 0. The summed E-state index contributed by atoms with van der Waals surface area (Å²) in [5.41, 5.74) is 3.55. The highest BCUT2D eigenvalue weighted by Gasteiger charge is 2.17. The average Bonchev–Trinajstić information content (AvgIpc) is 3.00. The molecular formula is C22H22N2O3S. The second kappa shape index (κ2) is 6.87. The van der Waals surface area contributed by atoms with Crippen LogP contribution in [0.25, 0.3) is 21.8 Å². The van der Waals surface area contributed by atoms with E-state index in [1.165, 1.54) is 0 Å². The summed E-state index contributed by atoms with van der Waals surface area (Å²) in [6.07, 6.45) is 0. The summed E-state index contributed by atoms with van der Waals surface area (Å²) in [6.45, 7) is 4.78. The van der Waals surface area contributed by atoms with Crippen molar-refractivity contribution in [3.05, 3.63) is 66.2 Å². The van der Waals surface area contributed by atoms with Gasteiger partial charge in [0.15, 0.2) is 0 Å². The van der Waals surface area contributed by atoms with Crippen molar-refractivity contribution in [1.29, 1.82) is 0 Å². The molecule has 28 heavy (non-hydrogen) atoms. The highest BCUT2D eigenvalue weighted by atomic mass is 32.2. The van der Waals surface area contributed by atoms with Gasteiger partial charge in [0.2, 0.25) is 0 Å². The van der Waals surface area contributed by atoms with Gasteiger partial charge in [-0.15, -0.1) is 0 Å². The van der Waals surface area contributed by atoms with Crippen molar-refractivity contribution in [2.75, 3.05) is 11.8 Å². The summed E-state index contributed by atoms with van der Waals surface area (Å²) in [7, 11) is -2.13. The number of methoxy groups -OCH3 is 1. The van der Waals surface area contributed by atoms with Gasteiger partial charge in [-0.3, -0.25) is 4.72 Å². The van der Waals surface area contributed by atoms with E-state index in [1.807, 2.05) is 31.2 Å². The number of rotatable bonds is 5. The molecule has 0 saturated heterocycles. The van der Waals surface area contributed by atoms with Crippen molar-refractivity contribution in [1.82, 2.24) is 4.57 Å². The molecule has 0 aliphatic heterocycles. The molecule has 0 aliphatic carbocycles. The molecule has 1 N–H and O–H groups in total. The molecule has 0 fully saturated rings. The highest BCUT2D eigenvalue weighted by molar-refractivity contribution is 7.92. The van der Waals surface area contributed by atoms with Crippen LogP contribution in [-0.2, 0) is 16.6 Å². The molecule has 4 aromatic rings. The molecule has 0 radical (unpaired) electrons. The predicted octanol–water partition coefficient (Wildman–Crippen LogP) is 4.93. The van der Waals surface area contributed by atoms with Crippen molar-refractivity contribution >= 4 is 37.5 Å². The van der Waals surface area contributed by atoms with Gasteiger partial charge in [0.25, 0.3) is 10.0 Å². The smallest absolute Gasteiger partial charge is 0.261 e. The monoisotopic (exact) mass is 394 g/mol. The van der Waals surface area contributed by atoms with Crippen molar-refractivity contribution < 1.29 is 13.2 Å². The Morgan fingerprint density at radius 3 is 2.43 bits per heavy atom. The average molecular weight is 394 g/mol. The summed E-state index contributed by atoms with van der Waals surface area (Å²) < 4.78 is 35.9. The van der Waals surface area contributed by atoms with E-state index in [0.29, 0.717) is 11.4 Å². The Kier molecular flexibility index (Phi) is 4.51. The minimum absolute atomic E-state index is 0.210. The van der Waals surface area contributed by atoms with E-state index >= 15 is 0 Å². The molecule has 0 unspecified atom stereocenters. The summed E-state index contributed by atoms with van der Waals surface area (Å²) in [5, 5.41) is 2.14. The molecule has 0 saturated carbocycles. The van der Waals surface area contributed by atoms with Crippen LogP contribution >= 0.6 is 0 Å². The third-order valence-corrected chi connectivity index (χ3v) is 6.40. The molecule has 3 aromatic carbocycles. The van der Waals surface area contributed by atoms with E-state index in [4.69, 9.17) is 4.74 Å². The van der Waals surface area contributed by atoms with Crippen LogP contribution in [0.1, 0.15) is 12.5 Å². The van der Waals surface area contributed by atoms with Gasteiger partial charge in [-0.2, -0.15) is 0 Å². The topological polar surface area (TPSA) is 60.3 Å². The van der Waals surface area contributed by atoms with Gasteiger partial charge in [0, 0.05) is 34.0 Å². The molecule has 0 amide bonds. The Bertz CT molecular complexity index is 1290. The van der Waals surface area contributed by atoms with Gasteiger partial charge < -0.3 is 9.30 Å². The van der Waals surface area contributed by atoms with Crippen LogP contribution in [0.4, 0.5) is 5.69 Å². The Morgan fingerprint density at radius 1 is 0.964 bits per heavy atom. The number of hydrogen-bond donors (Lipinski definition) is 1. The largest absolute Gasteiger partial charge is 0.496 e. The predicted molar refractivity (Wildman–Crippen MR) is 114 cm³/mol. The highest BCUT2D eigenvalue weighted by Crippen LogP contribution is 2.32. The maximum atomic E-state index is 12.9. The number of anilines is 1. The number of benzene rings is 3.